The van der Waals surface area contributed by atoms with E-state index in [1.54, 1.807) is 4.90 Å². The van der Waals surface area contributed by atoms with Crippen LogP contribution in [0.2, 0.25) is 0 Å². The van der Waals surface area contributed by atoms with Gasteiger partial charge in [-0.1, -0.05) is 20.8 Å². The first kappa shape index (κ1) is 21.6. The number of hydrogen-bond donors (Lipinski definition) is 1. The zero-order chi connectivity index (χ0) is 22.0. The van der Waals surface area contributed by atoms with Crippen molar-refractivity contribution in [3.8, 4) is 0 Å². The number of anilines is 1. The zero-order valence-electron chi connectivity index (χ0n) is 18.8. The highest BCUT2D eigenvalue weighted by Crippen LogP contribution is 2.27. The number of nitrogens with one attached hydrogen (secondary N) is 1. The van der Waals surface area contributed by atoms with E-state index < -0.39 is 0 Å². The summed E-state index contributed by atoms with van der Waals surface area (Å²) in [5, 5.41) is 2.97. The number of carbonyl (C=O) groups excluding carboxylic acids is 2. The van der Waals surface area contributed by atoms with Crippen molar-refractivity contribution in [1.82, 2.24) is 19.7 Å². The highest BCUT2D eigenvalue weighted by Gasteiger charge is 2.25. The van der Waals surface area contributed by atoms with Crippen LogP contribution in [0, 0.1) is 0 Å². The van der Waals surface area contributed by atoms with E-state index in [2.05, 4.69) is 36.0 Å². The van der Waals surface area contributed by atoms with E-state index in [1.165, 1.54) is 6.42 Å². The third-order valence-electron chi connectivity index (χ3n) is 6.01. The van der Waals surface area contributed by atoms with Gasteiger partial charge in [0.2, 0.25) is 11.8 Å². The van der Waals surface area contributed by atoms with Crippen molar-refractivity contribution >= 4 is 28.7 Å². The van der Waals surface area contributed by atoms with Crippen molar-refractivity contribution in [2.75, 3.05) is 51.1 Å². The van der Waals surface area contributed by atoms with Crippen molar-refractivity contribution in [2.45, 2.75) is 45.4 Å². The highest BCUT2D eigenvalue weighted by atomic mass is 16.3. The molecular formula is C23H33N5O3. The fourth-order valence-electron chi connectivity index (χ4n) is 4.07. The molecule has 0 atom stereocenters. The van der Waals surface area contributed by atoms with E-state index in [4.69, 9.17) is 4.42 Å². The molecule has 8 nitrogen and oxygen atoms in total. The summed E-state index contributed by atoms with van der Waals surface area (Å²) in [7, 11) is 0. The van der Waals surface area contributed by atoms with Crippen LogP contribution in [0.15, 0.2) is 22.6 Å². The van der Waals surface area contributed by atoms with Crippen LogP contribution >= 0.6 is 0 Å². The van der Waals surface area contributed by atoms with Crippen molar-refractivity contribution in [2.24, 2.45) is 0 Å². The molecule has 2 aromatic rings. The lowest BCUT2D eigenvalue weighted by Crippen LogP contribution is -2.52. The minimum absolute atomic E-state index is 0.124. The summed E-state index contributed by atoms with van der Waals surface area (Å²) in [6.07, 6.45) is 3.44. The van der Waals surface area contributed by atoms with Gasteiger partial charge in [-0.2, -0.15) is 0 Å². The molecule has 1 aromatic heterocycles. The van der Waals surface area contributed by atoms with Crippen LogP contribution in [0.1, 0.15) is 45.9 Å². The summed E-state index contributed by atoms with van der Waals surface area (Å²) in [4.78, 5) is 35.7. The number of urea groups is 1. The van der Waals surface area contributed by atoms with Crippen molar-refractivity contribution in [1.29, 1.82) is 0 Å². The lowest BCUT2D eigenvalue weighted by atomic mass is 9.97. The maximum absolute atomic E-state index is 12.7. The van der Waals surface area contributed by atoms with Gasteiger partial charge in [-0.25, -0.2) is 9.78 Å². The van der Waals surface area contributed by atoms with E-state index >= 15 is 0 Å². The lowest BCUT2D eigenvalue weighted by molar-refractivity contribution is -0.133. The second kappa shape index (κ2) is 8.86. The first-order valence-electron chi connectivity index (χ1n) is 11.3. The topological polar surface area (TPSA) is 81.9 Å². The Morgan fingerprint density at radius 1 is 1.00 bits per heavy atom. The number of amides is 3. The average Bonchev–Trinajstić information content (AvgIpc) is 3.19. The molecule has 2 aliphatic heterocycles. The summed E-state index contributed by atoms with van der Waals surface area (Å²) in [6.45, 7) is 11.0. The Morgan fingerprint density at radius 2 is 1.71 bits per heavy atom. The maximum Gasteiger partial charge on any atom is 0.321 e. The Bertz CT molecular complexity index is 934. The summed E-state index contributed by atoms with van der Waals surface area (Å²) in [5.41, 5.74) is 1.99. The molecule has 1 N–H and O–H groups in total. The molecule has 0 radical (unpaired) electrons. The Kier molecular flexibility index (Phi) is 6.18. The third-order valence-corrected chi connectivity index (χ3v) is 6.01. The van der Waals surface area contributed by atoms with Crippen LogP contribution in [0.25, 0.3) is 11.1 Å². The molecule has 0 aliphatic carbocycles. The number of carbonyl (C=O) groups is 2. The number of piperidine rings is 1. The number of likely N-dealkylation sites (tertiary alicyclic amines) is 1. The molecule has 3 heterocycles. The number of oxazole rings is 1. The van der Waals surface area contributed by atoms with E-state index in [1.807, 2.05) is 23.1 Å². The van der Waals surface area contributed by atoms with Gasteiger partial charge in [-0.15, -0.1) is 0 Å². The monoisotopic (exact) mass is 427 g/mol. The highest BCUT2D eigenvalue weighted by molar-refractivity contribution is 5.91. The Hall–Kier alpha value is -2.61. The molecule has 2 aliphatic rings. The molecule has 2 fully saturated rings. The largest absolute Gasteiger partial charge is 0.440 e. The Balaban J connectivity index is 1.29. The van der Waals surface area contributed by atoms with Gasteiger partial charge in [0.1, 0.15) is 5.52 Å². The van der Waals surface area contributed by atoms with Crippen molar-refractivity contribution in [3.05, 3.63) is 24.1 Å². The molecule has 0 unspecified atom stereocenters. The van der Waals surface area contributed by atoms with Gasteiger partial charge >= 0.3 is 6.03 Å². The quantitative estimate of drug-likeness (QED) is 0.813. The summed E-state index contributed by atoms with van der Waals surface area (Å²) in [5.74, 6) is 0.898. The van der Waals surface area contributed by atoms with Crippen LogP contribution in [0.5, 0.6) is 0 Å². The van der Waals surface area contributed by atoms with Gasteiger partial charge < -0.3 is 19.5 Å². The van der Waals surface area contributed by atoms with Gasteiger partial charge in [0.15, 0.2) is 5.58 Å². The molecular weight excluding hydrogens is 394 g/mol. The Labute approximate surface area is 183 Å². The van der Waals surface area contributed by atoms with Crippen LogP contribution < -0.4 is 5.32 Å². The minimum Gasteiger partial charge on any atom is -0.440 e. The summed E-state index contributed by atoms with van der Waals surface area (Å²) in [6, 6.07) is 5.41. The van der Waals surface area contributed by atoms with Gasteiger partial charge in [-0.3, -0.25) is 9.69 Å². The number of benzene rings is 1. The van der Waals surface area contributed by atoms with Crippen LogP contribution in [-0.2, 0) is 10.2 Å². The standard InChI is InChI=1S/C23H33N5O3/c1-23(2,3)21-25-18-15-17(7-8-19(18)31-21)24-22(30)28-13-11-26(12-14-28)16-20(29)27-9-5-4-6-10-27/h7-8,15H,4-6,9-14,16H2,1-3H3,(H,24,30). The predicted octanol–water partition coefficient (Wildman–Crippen LogP) is 3.29. The summed E-state index contributed by atoms with van der Waals surface area (Å²) >= 11 is 0. The molecule has 0 saturated carbocycles. The second-order valence-electron chi connectivity index (χ2n) is 9.59. The van der Waals surface area contributed by atoms with Crippen LogP contribution in [0.3, 0.4) is 0 Å². The molecule has 1 aromatic carbocycles. The fourth-order valence-corrected chi connectivity index (χ4v) is 4.07. The smallest absolute Gasteiger partial charge is 0.321 e. The van der Waals surface area contributed by atoms with Crippen molar-refractivity contribution in [3.63, 3.8) is 0 Å². The molecule has 0 bridgehead atoms. The molecule has 2 saturated heterocycles. The SMILES string of the molecule is CC(C)(C)c1nc2cc(NC(=O)N3CCN(CC(=O)N4CCCCC4)CC3)ccc2o1. The second-order valence-corrected chi connectivity index (χ2v) is 9.59. The normalized spacial score (nSPS) is 18.4. The zero-order valence-corrected chi connectivity index (χ0v) is 18.8. The first-order chi connectivity index (χ1) is 14.8. The molecule has 0 spiro atoms. The fraction of sp³-hybridized carbons (Fsp3) is 0.609. The van der Waals surface area contributed by atoms with Crippen molar-refractivity contribution < 1.29 is 14.0 Å². The lowest BCUT2D eigenvalue weighted by Gasteiger charge is -2.36. The molecule has 8 heteroatoms. The third kappa shape index (κ3) is 5.18. The predicted molar refractivity (Wildman–Crippen MR) is 120 cm³/mol. The molecule has 3 amide bonds. The maximum atomic E-state index is 12.7. The number of rotatable bonds is 3. The van der Waals surface area contributed by atoms with E-state index in [0.717, 1.165) is 37.0 Å². The number of piperazine rings is 1. The molecule has 168 valence electrons. The van der Waals surface area contributed by atoms with Gasteiger partial charge in [0, 0.05) is 50.4 Å². The van der Waals surface area contributed by atoms with Crippen LogP contribution in [0.4, 0.5) is 10.5 Å². The van der Waals surface area contributed by atoms with E-state index in [9.17, 15) is 9.59 Å². The minimum atomic E-state index is -0.169. The van der Waals surface area contributed by atoms with Gasteiger partial charge in [-0.05, 0) is 37.5 Å². The number of fused-ring (bicyclic) bond motifs is 1. The average molecular weight is 428 g/mol. The number of aromatic nitrogens is 1. The van der Waals surface area contributed by atoms with Crippen LogP contribution in [-0.4, -0.2) is 77.4 Å². The summed E-state index contributed by atoms with van der Waals surface area (Å²) < 4.78 is 5.83. The molecule has 4 rings (SSSR count). The van der Waals surface area contributed by atoms with Gasteiger partial charge in [0.05, 0.1) is 6.54 Å². The van der Waals surface area contributed by atoms with E-state index in [-0.39, 0.29) is 17.4 Å². The number of hydrogen-bond acceptors (Lipinski definition) is 5. The van der Waals surface area contributed by atoms with E-state index in [0.29, 0.717) is 44.3 Å². The number of nitrogens with zero attached hydrogens (tertiary/aromatic N) is 4. The first-order valence-corrected chi connectivity index (χ1v) is 11.3. The molecule has 31 heavy (non-hydrogen) atoms. The van der Waals surface area contributed by atoms with Gasteiger partial charge in [0.25, 0.3) is 0 Å². The Morgan fingerprint density at radius 3 is 2.39 bits per heavy atom.